The van der Waals surface area contributed by atoms with Gasteiger partial charge >= 0.3 is 6.16 Å². The maximum atomic E-state index is 11.4. The van der Waals surface area contributed by atoms with Crippen LogP contribution in [0.1, 0.15) is 18.1 Å². The van der Waals surface area contributed by atoms with Crippen molar-refractivity contribution in [3.63, 3.8) is 0 Å². The molecule has 0 aliphatic rings. The second kappa shape index (κ2) is 6.61. The average molecular weight is 272 g/mol. The Bertz CT molecular complexity index is 593. The molecule has 0 spiro atoms. The summed E-state index contributed by atoms with van der Waals surface area (Å²) in [5.74, 6) is 0.660. The van der Waals surface area contributed by atoms with Gasteiger partial charge in [-0.1, -0.05) is 36.4 Å². The molecule has 0 amide bonds. The predicted molar refractivity (Wildman–Crippen MR) is 75.0 cm³/mol. The summed E-state index contributed by atoms with van der Waals surface area (Å²) in [4.78, 5) is 11.4. The van der Waals surface area contributed by atoms with Crippen LogP contribution >= 0.6 is 0 Å². The molecule has 2 aromatic rings. The molecule has 0 unspecified atom stereocenters. The third-order valence-electron chi connectivity index (χ3n) is 2.80. The summed E-state index contributed by atoms with van der Waals surface area (Å²) in [7, 11) is 0. The molecule has 2 rings (SSSR count). The van der Waals surface area contributed by atoms with E-state index >= 15 is 0 Å². The number of ether oxygens (including phenoxy) is 2. The lowest BCUT2D eigenvalue weighted by atomic mass is 10.0. The number of hydrogen-bond donors (Lipinski definition) is 1. The summed E-state index contributed by atoms with van der Waals surface area (Å²) in [6.45, 7) is 1.98. The van der Waals surface area contributed by atoms with Crippen LogP contribution in [0, 0.1) is 0 Å². The van der Waals surface area contributed by atoms with E-state index < -0.39 is 6.16 Å². The lowest BCUT2D eigenvalue weighted by Gasteiger charge is -2.10. The number of hydrogen-bond acceptors (Lipinski definition) is 4. The molecule has 0 heterocycles. The van der Waals surface area contributed by atoms with Crippen molar-refractivity contribution in [3.05, 3.63) is 59.7 Å². The number of carbonyl (C=O) groups excluding carboxylic acids is 1. The first kappa shape index (κ1) is 13.9. The Hall–Kier alpha value is -2.49. The highest BCUT2D eigenvalue weighted by Crippen LogP contribution is 2.25. The number of rotatable bonds is 4. The van der Waals surface area contributed by atoms with Crippen molar-refractivity contribution in [2.75, 3.05) is 6.61 Å². The van der Waals surface area contributed by atoms with Crippen LogP contribution in [0.25, 0.3) is 0 Å². The van der Waals surface area contributed by atoms with Crippen LogP contribution < -0.4 is 4.74 Å². The van der Waals surface area contributed by atoms with Crippen LogP contribution in [0.5, 0.6) is 11.5 Å². The smallest absolute Gasteiger partial charge is 0.508 e. The summed E-state index contributed by atoms with van der Waals surface area (Å²) in [6.07, 6.45) is -0.250. The molecule has 4 nitrogen and oxygen atoms in total. The van der Waals surface area contributed by atoms with Gasteiger partial charge in [-0.2, -0.15) is 0 Å². The van der Waals surface area contributed by atoms with Gasteiger partial charge in [0.2, 0.25) is 0 Å². The topological polar surface area (TPSA) is 55.8 Å². The fraction of sp³-hybridized carbons (Fsp3) is 0.188. The van der Waals surface area contributed by atoms with Gasteiger partial charge in [0.25, 0.3) is 0 Å². The summed E-state index contributed by atoms with van der Waals surface area (Å²) in [5, 5.41) is 9.80. The van der Waals surface area contributed by atoms with Crippen molar-refractivity contribution in [2.24, 2.45) is 0 Å². The molecule has 0 fully saturated rings. The van der Waals surface area contributed by atoms with Crippen LogP contribution in [-0.4, -0.2) is 17.9 Å². The zero-order valence-corrected chi connectivity index (χ0v) is 11.2. The number of benzene rings is 2. The van der Waals surface area contributed by atoms with Gasteiger partial charge in [0.1, 0.15) is 11.5 Å². The van der Waals surface area contributed by atoms with E-state index in [2.05, 4.69) is 0 Å². The van der Waals surface area contributed by atoms with Gasteiger partial charge < -0.3 is 14.6 Å². The number of carbonyl (C=O) groups is 1. The minimum absolute atomic E-state index is 0.221. The monoisotopic (exact) mass is 272 g/mol. The largest absolute Gasteiger partial charge is 0.513 e. The zero-order valence-electron chi connectivity index (χ0n) is 11.2. The molecule has 0 radical (unpaired) electrons. The number of phenols is 1. The van der Waals surface area contributed by atoms with E-state index in [1.807, 2.05) is 24.3 Å². The first-order chi connectivity index (χ1) is 9.70. The molecule has 2 aromatic carbocycles. The summed E-state index contributed by atoms with van der Waals surface area (Å²) >= 11 is 0. The highest BCUT2D eigenvalue weighted by molar-refractivity contribution is 5.64. The molecule has 0 atom stereocenters. The number of aromatic hydroxyl groups is 1. The van der Waals surface area contributed by atoms with Gasteiger partial charge in [-0.25, -0.2) is 4.79 Å². The molecule has 0 aliphatic heterocycles. The van der Waals surface area contributed by atoms with Crippen molar-refractivity contribution in [1.82, 2.24) is 0 Å². The Balaban J connectivity index is 2.20. The van der Waals surface area contributed by atoms with Crippen LogP contribution in [0.4, 0.5) is 4.79 Å². The highest BCUT2D eigenvalue weighted by Gasteiger charge is 2.11. The summed E-state index contributed by atoms with van der Waals surface area (Å²) in [6, 6.07) is 14.3. The molecule has 0 aromatic heterocycles. The third kappa shape index (κ3) is 3.51. The minimum atomic E-state index is -0.725. The third-order valence-corrected chi connectivity index (χ3v) is 2.80. The van der Waals surface area contributed by atoms with E-state index in [9.17, 15) is 9.90 Å². The Labute approximate surface area is 117 Å². The molecular formula is C16H16O4. The maximum Gasteiger partial charge on any atom is 0.513 e. The van der Waals surface area contributed by atoms with Crippen molar-refractivity contribution in [3.8, 4) is 11.5 Å². The van der Waals surface area contributed by atoms with E-state index in [-0.39, 0.29) is 12.4 Å². The summed E-state index contributed by atoms with van der Waals surface area (Å²) < 4.78 is 9.92. The SMILES string of the molecule is CCOC(=O)Oc1ccccc1Cc1ccccc1O. The van der Waals surface area contributed by atoms with Gasteiger partial charge in [0, 0.05) is 6.42 Å². The van der Waals surface area contributed by atoms with Gasteiger partial charge in [-0.3, -0.25) is 0 Å². The molecular weight excluding hydrogens is 256 g/mol. The normalized spacial score (nSPS) is 10.1. The molecule has 4 heteroatoms. The van der Waals surface area contributed by atoms with E-state index in [4.69, 9.17) is 9.47 Å². The van der Waals surface area contributed by atoms with Gasteiger partial charge in [0.15, 0.2) is 0 Å². The van der Waals surface area contributed by atoms with Crippen LogP contribution in [0.2, 0.25) is 0 Å². The van der Waals surface area contributed by atoms with Crippen molar-refractivity contribution >= 4 is 6.16 Å². The second-order valence-corrected chi connectivity index (χ2v) is 4.20. The Morgan fingerprint density at radius 2 is 1.70 bits per heavy atom. The van der Waals surface area contributed by atoms with E-state index in [0.29, 0.717) is 12.2 Å². The molecule has 1 N–H and O–H groups in total. The fourth-order valence-corrected chi connectivity index (χ4v) is 1.85. The van der Waals surface area contributed by atoms with Gasteiger partial charge in [0.05, 0.1) is 6.61 Å². The summed E-state index contributed by atoms with van der Waals surface area (Å²) in [5.41, 5.74) is 1.58. The Morgan fingerprint density at radius 3 is 2.40 bits per heavy atom. The first-order valence-corrected chi connectivity index (χ1v) is 6.40. The quantitative estimate of drug-likeness (QED) is 0.683. The standard InChI is InChI=1S/C16H16O4/c1-2-19-16(18)20-15-10-6-4-8-13(15)11-12-7-3-5-9-14(12)17/h3-10,17H,2,11H2,1H3. The lowest BCUT2D eigenvalue weighted by molar-refractivity contribution is 0.104. The Morgan fingerprint density at radius 1 is 1.05 bits per heavy atom. The van der Waals surface area contributed by atoms with Crippen molar-refractivity contribution < 1.29 is 19.4 Å². The molecule has 0 bridgehead atoms. The zero-order chi connectivity index (χ0) is 14.4. The van der Waals surface area contributed by atoms with Crippen molar-refractivity contribution in [1.29, 1.82) is 0 Å². The number of phenolic OH excluding ortho intramolecular Hbond substituents is 1. The predicted octanol–water partition coefficient (Wildman–Crippen LogP) is 3.52. The number of para-hydroxylation sites is 2. The lowest BCUT2D eigenvalue weighted by Crippen LogP contribution is -2.11. The highest BCUT2D eigenvalue weighted by atomic mass is 16.7. The molecule has 0 aliphatic carbocycles. The minimum Gasteiger partial charge on any atom is -0.508 e. The van der Waals surface area contributed by atoms with Crippen LogP contribution in [0.15, 0.2) is 48.5 Å². The fourth-order valence-electron chi connectivity index (χ4n) is 1.85. The van der Waals surface area contributed by atoms with E-state index in [1.165, 1.54) is 0 Å². The van der Waals surface area contributed by atoms with E-state index in [0.717, 1.165) is 11.1 Å². The van der Waals surface area contributed by atoms with E-state index in [1.54, 1.807) is 31.2 Å². The molecule has 0 saturated carbocycles. The molecule has 0 saturated heterocycles. The van der Waals surface area contributed by atoms with Gasteiger partial charge in [-0.05, 0) is 30.2 Å². The second-order valence-electron chi connectivity index (χ2n) is 4.20. The maximum absolute atomic E-state index is 11.4. The average Bonchev–Trinajstić information content (AvgIpc) is 2.44. The van der Waals surface area contributed by atoms with Crippen LogP contribution in [-0.2, 0) is 11.2 Å². The van der Waals surface area contributed by atoms with Gasteiger partial charge in [-0.15, -0.1) is 0 Å². The van der Waals surface area contributed by atoms with Crippen molar-refractivity contribution in [2.45, 2.75) is 13.3 Å². The first-order valence-electron chi connectivity index (χ1n) is 6.40. The van der Waals surface area contributed by atoms with Crippen LogP contribution in [0.3, 0.4) is 0 Å². The molecule has 20 heavy (non-hydrogen) atoms. The Kier molecular flexibility index (Phi) is 4.60. The molecule has 104 valence electrons.